The van der Waals surface area contributed by atoms with E-state index in [0.29, 0.717) is 6.41 Å². The summed E-state index contributed by atoms with van der Waals surface area (Å²) < 4.78 is 0. The first-order chi connectivity index (χ1) is 4.31. The standard InChI is InChI=1S/C4H9N3O2/c1-5-2-4(9)7-6-3-8/h3,5H,2H2,1H3,(H,6,8)(H,7,9). The molecule has 0 heterocycles. The highest BCUT2D eigenvalue weighted by Crippen LogP contribution is 1.53. The number of hydrazine groups is 1. The van der Waals surface area contributed by atoms with Gasteiger partial charge in [0, 0.05) is 0 Å². The third-order valence-electron chi connectivity index (χ3n) is 0.608. The molecule has 0 bridgehead atoms. The Morgan fingerprint density at radius 3 is 2.78 bits per heavy atom. The number of hydrogen-bond acceptors (Lipinski definition) is 3. The maximum atomic E-state index is 10.4. The van der Waals surface area contributed by atoms with Crippen LogP contribution in [0.2, 0.25) is 0 Å². The van der Waals surface area contributed by atoms with Crippen LogP contribution in [-0.4, -0.2) is 25.9 Å². The molecule has 0 aliphatic heterocycles. The molecule has 3 N–H and O–H groups in total. The van der Waals surface area contributed by atoms with Crippen molar-refractivity contribution in [3.05, 3.63) is 0 Å². The number of nitrogens with one attached hydrogen (secondary N) is 3. The van der Waals surface area contributed by atoms with E-state index in [1.807, 2.05) is 5.43 Å². The van der Waals surface area contributed by atoms with Crippen molar-refractivity contribution in [1.29, 1.82) is 0 Å². The van der Waals surface area contributed by atoms with Gasteiger partial charge in [-0.15, -0.1) is 0 Å². The quantitative estimate of drug-likeness (QED) is 0.305. The largest absolute Gasteiger partial charge is 0.311 e. The van der Waals surface area contributed by atoms with Gasteiger partial charge in [0.05, 0.1) is 6.54 Å². The number of hydrogen-bond donors (Lipinski definition) is 3. The second-order valence-corrected chi connectivity index (χ2v) is 1.34. The van der Waals surface area contributed by atoms with Gasteiger partial charge >= 0.3 is 0 Å². The van der Waals surface area contributed by atoms with E-state index in [2.05, 4.69) is 10.7 Å². The zero-order chi connectivity index (χ0) is 7.11. The van der Waals surface area contributed by atoms with E-state index >= 15 is 0 Å². The molecular weight excluding hydrogens is 122 g/mol. The smallest absolute Gasteiger partial charge is 0.252 e. The number of amides is 2. The monoisotopic (exact) mass is 131 g/mol. The molecule has 9 heavy (non-hydrogen) atoms. The second kappa shape index (κ2) is 5.04. The first-order valence-electron chi connectivity index (χ1n) is 2.44. The molecule has 0 aliphatic carbocycles. The van der Waals surface area contributed by atoms with Crippen LogP contribution in [0, 0.1) is 0 Å². The molecule has 5 heteroatoms. The molecule has 0 saturated heterocycles. The van der Waals surface area contributed by atoms with Crippen LogP contribution in [0.3, 0.4) is 0 Å². The fourth-order valence-corrected chi connectivity index (χ4v) is 0.315. The fraction of sp³-hybridized carbons (Fsp3) is 0.500. The lowest BCUT2D eigenvalue weighted by molar-refractivity contribution is -0.123. The molecule has 0 atom stereocenters. The Hall–Kier alpha value is -1.10. The Balaban J connectivity index is 3.16. The van der Waals surface area contributed by atoms with Crippen molar-refractivity contribution in [2.45, 2.75) is 0 Å². The summed E-state index contributed by atoms with van der Waals surface area (Å²) >= 11 is 0. The summed E-state index contributed by atoms with van der Waals surface area (Å²) in [5.41, 5.74) is 4.13. The molecule has 2 amide bonds. The van der Waals surface area contributed by atoms with E-state index in [9.17, 15) is 9.59 Å². The molecule has 52 valence electrons. The van der Waals surface area contributed by atoms with E-state index in [-0.39, 0.29) is 12.5 Å². The molecule has 5 nitrogen and oxygen atoms in total. The van der Waals surface area contributed by atoms with Gasteiger partial charge in [-0.1, -0.05) is 0 Å². The van der Waals surface area contributed by atoms with Crippen molar-refractivity contribution in [2.24, 2.45) is 0 Å². The lowest BCUT2D eigenvalue weighted by atomic mass is 10.6. The van der Waals surface area contributed by atoms with Gasteiger partial charge in [-0.05, 0) is 7.05 Å². The third-order valence-corrected chi connectivity index (χ3v) is 0.608. The van der Waals surface area contributed by atoms with Crippen LogP contribution in [-0.2, 0) is 9.59 Å². The highest BCUT2D eigenvalue weighted by molar-refractivity contribution is 5.78. The Morgan fingerprint density at radius 1 is 1.67 bits per heavy atom. The fourth-order valence-electron chi connectivity index (χ4n) is 0.315. The summed E-state index contributed by atoms with van der Waals surface area (Å²) in [5.74, 6) is -0.274. The Morgan fingerprint density at radius 2 is 2.33 bits per heavy atom. The SMILES string of the molecule is CNCC(=O)NNC=O. The lowest BCUT2D eigenvalue weighted by Crippen LogP contribution is -2.40. The number of rotatable bonds is 4. The molecule has 0 rings (SSSR count). The van der Waals surface area contributed by atoms with Gasteiger partial charge in [0.2, 0.25) is 6.41 Å². The molecular formula is C4H9N3O2. The number of likely N-dealkylation sites (N-methyl/N-ethyl adjacent to an activating group) is 1. The Labute approximate surface area is 52.8 Å². The zero-order valence-electron chi connectivity index (χ0n) is 5.10. The van der Waals surface area contributed by atoms with E-state index in [4.69, 9.17) is 0 Å². The minimum atomic E-state index is -0.274. The number of carbonyl (C=O) groups is 2. The average molecular weight is 131 g/mol. The highest BCUT2D eigenvalue weighted by atomic mass is 16.2. The predicted molar refractivity (Wildman–Crippen MR) is 31.3 cm³/mol. The predicted octanol–water partition coefficient (Wildman–Crippen LogP) is -2.02. The maximum absolute atomic E-state index is 10.4. The Bertz CT molecular complexity index is 104. The van der Waals surface area contributed by atoms with Crippen molar-refractivity contribution >= 4 is 12.3 Å². The molecule has 0 radical (unpaired) electrons. The summed E-state index contributed by atoms with van der Waals surface area (Å²) in [6, 6.07) is 0. The van der Waals surface area contributed by atoms with Gasteiger partial charge in [-0.25, -0.2) is 0 Å². The van der Waals surface area contributed by atoms with Crippen molar-refractivity contribution in [1.82, 2.24) is 16.2 Å². The van der Waals surface area contributed by atoms with Crippen molar-refractivity contribution < 1.29 is 9.59 Å². The van der Waals surface area contributed by atoms with Gasteiger partial charge in [0.1, 0.15) is 0 Å². The van der Waals surface area contributed by atoms with E-state index < -0.39 is 0 Å². The molecule has 0 aromatic heterocycles. The van der Waals surface area contributed by atoms with Crippen LogP contribution in [0.4, 0.5) is 0 Å². The molecule has 0 saturated carbocycles. The molecule has 0 fully saturated rings. The summed E-state index contributed by atoms with van der Waals surface area (Å²) in [5, 5.41) is 2.61. The zero-order valence-corrected chi connectivity index (χ0v) is 5.10. The van der Waals surface area contributed by atoms with Crippen LogP contribution in [0.5, 0.6) is 0 Å². The maximum Gasteiger partial charge on any atom is 0.252 e. The van der Waals surface area contributed by atoms with E-state index in [0.717, 1.165) is 0 Å². The molecule has 0 aliphatic rings. The molecule has 0 spiro atoms. The second-order valence-electron chi connectivity index (χ2n) is 1.34. The first kappa shape index (κ1) is 7.90. The minimum absolute atomic E-state index is 0.195. The van der Waals surface area contributed by atoms with Crippen molar-refractivity contribution in [3.63, 3.8) is 0 Å². The van der Waals surface area contributed by atoms with Crippen LogP contribution in [0.1, 0.15) is 0 Å². The molecule has 0 aromatic rings. The average Bonchev–Trinajstić information content (AvgIpc) is 1.85. The summed E-state index contributed by atoms with van der Waals surface area (Å²) in [4.78, 5) is 20.0. The van der Waals surface area contributed by atoms with Gasteiger partial charge in [-0.2, -0.15) is 0 Å². The van der Waals surface area contributed by atoms with Crippen LogP contribution in [0.25, 0.3) is 0 Å². The first-order valence-corrected chi connectivity index (χ1v) is 2.44. The van der Waals surface area contributed by atoms with Crippen molar-refractivity contribution in [3.8, 4) is 0 Å². The normalized spacial score (nSPS) is 8.11. The topological polar surface area (TPSA) is 70.2 Å². The molecule has 0 aromatic carbocycles. The summed E-state index contributed by atoms with van der Waals surface area (Å²) in [7, 11) is 1.64. The van der Waals surface area contributed by atoms with Gasteiger partial charge < -0.3 is 5.32 Å². The van der Waals surface area contributed by atoms with Crippen LogP contribution in [0.15, 0.2) is 0 Å². The third kappa shape index (κ3) is 4.76. The number of carbonyl (C=O) groups excluding carboxylic acids is 2. The van der Waals surface area contributed by atoms with E-state index in [1.165, 1.54) is 0 Å². The van der Waals surface area contributed by atoms with Crippen molar-refractivity contribution in [2.75, 3.05) is 13.6 Å². The highest BCUT2D eigenvalue weighted by Gasteiger charge is 1.93. The molecule has 0 unspecified atom stereocenters. The Kier molecular flexibility index (Phi) is 4.43. The van der Waals surface area contributed by atoms with Crippen LogP contribution >= 0.6 is 0 Å². The van der Waals surface area contributed by atoms with E-state index in [1.54, 1.807) is 7.05 Å². The van der Waals surface area contributed by atoms with Gasteiger partial charge in [0.25, 0.3) is 5.91 Å². The van der Waals surface area contributed by atoms with Gasteiger partial charge in [-0.3, -0.25) is 20.4 Å². The minimum Gasteiger partial charge on any atom is -0.311 e. The van der Waals surface area contributed by atoms with Crippen LogP contribution < -0.4 is 16.2 Å². The van der Waals surface area contributed by atoms with Gasteiger partial charge in [0.15, 0.2) is 0 Å². The summed E-state index contributed by atoms with van der Waals surface area (Å²) in [6.45, 7) is 0.195. The summed E-state index contributed by atoms with van der Waals surface area (Å²) in [6.07, 6.45) is 0.396. The lowest BCUT2D eigenvalue weighted by Gasteiger charge is -1.99.